The lowest BCUT2D eigenvalue weighted by Gasteiger charge is -2.47. The third-order valence-corrected chi connectivity index (χ3v) is 5.89. The second-order valence-corrected chi connectivity index (χ2v) is 8.60. The number of carbonyl (C=O) groups excluding carboxylic acids is 1. The molecule has 0 spiro atoms. The van der Waals surface area contributed by atoms with Crippen LogP contribution >= 0.6 is 0 Å². The number of aliphatic hydroxyl groups excluding tert-OH is 1. The van der Waals surface area contributed by atoms with E-state index < -0.39 is 42.6 Å². The summed E-state index contributed by atoms with van der Waals surface area (Å²) in [6.45, 7) is 1.99. The van der Waals surface area contributed by atoms with Crippen LogP contribution in [0.3, 0.4) is 0 Å². The van der Waals surface area contributed by atoms with Gasteiger partial charge in [0, 0.05) is 17.8 Å². The lowest BCUT2D eigenvalue weighted by atomic mass is 9.91. The van der Waals surface area contributed by atoms with Crippen LogP contribution in [-0.2, 0) is 11.3 Å². The molecule has 2 N–H and O–H groups in total. The van der Waals surface area contributed by atoms with Crippen LogP contribution in [0.1, 0.15) is 29.0 Å². The molecule has 2 bridgehead atoms. The van der Waals surface area contributed by atoms with E-state index in [1.54, 1.807) is 4.90 Å². The van der Waals surface area contributed by atoms with Gasteiger partial charge in [0.05, 0.1) is 55.0 Å². The summed E-state index contributed by atoms with van der Waals surface area (Å²) in [6.07, 6.45) is -0.644. The molecule has 2 saturated heterocycles. The third kappa shape index (κ3) is 6.02. The maximum absolute atomic E-state index is 13.4. The summed E-state index contributed by atoms with van der Waals surface area (Å²) in [7, 11) is 0. The quantitative estimate of drug-likeness (QED) is 0.424. The number of aliphatic imine (C=N–C) groups is 1. The van der Waals surface area contributed by atoms with Gasteiger partial charge in [-0.2, -0.15) is 18.3 Å². The molecule has 4 rings (SSSR count). The molecule has 198 valence electrons. The minimum absolute atomic E-state index is 0.0556. The van der Waals surface area contributed by atoms with E-state index in [1.165, 1.54) is 12.3 Å². The van der Waals surface area contributed by atoms with E-state index in [9.17, 15) is 31.9 Å². The van der Waals surface area contributed by atoms with Gasteiger partial charge in [-0.1, -0.05) is 6.58 Å². The molecule has 9 nitrogen and oxygen atoms in total. The number of morpholine rings is 1. The predicted octanol–water partition coefficient (Wildman–Crippen LogP) is 3.24. The molecule has 2 aromatic rings. The Kier molecular flexibility index (Phi) is 7.68. The molecule has 2 atom stereocenters. The van der Waals surface area contributed by atoms with Crippen molar-refractivity contribution < 1.29 is 36.6 Å². The number of hydrogen-bond acceptors (Lipinski definition) is 7. The Balaban J connectivity index is 1.78. The summed E-state index contributed by atoms with van der Waals surface area (Å²) in [4.78, 5) is 22.8. The number of aliphatic hydroxyl groups is 1. The summed E-state index contributed by atoms with van der Waals surface area (Å²) in [6, 6.07) is 0.423. The Hall–Kier alpha value is -3.65. The number of alkyl halides is 3. The molecule has 0 saturated carbocycles. The van der Waals surface area contributed by atoms with Crippen LogP contribution in [0.15, 0.2) is 48.4 Å². The first-order valence-corrected chi connectivity index (χ1v) is 11.2. The lowest BCUT2D eigenvalue weighted by molar-refractivity contribution is -0.141. The van der Waals surface area contributed by atoms with Gasteiger partial charge in [0.15, 0.2) is 0 Å². The molecular weight excluding hydrogens is 503 g/mol. The van der Waals surface area contributed by atoms with Crippen LogP contribution in [0.4, 0.5) is 22.0 Å². The van der Waals surface area contributed by atoms with Crippen molar-refractivity contribution >= 4 is 28.7 Å². The van der Waals surface area contributed by atoms with Gasteiger partial charge >= 0.3 is 6.18 Å². The largest absolute Gasteiger partial charge is 0.408 e. The van der Waals surface area contributed by atoms with Crippen molar-refractivity contribution in [2.45, 2.75) is 43.8 Å². The molecule has 2 aromatic heterocycles. The summed E-state index contributed by atoms with van der Waals surface area (Å²) in [5, 5.41) is 16.7. The number of allylic oxidation sites excluding steroid dienone is 1. The van der Waals surface area contributed by atoms with E-state index in [0.29, 0.717) is 17.5 Å². The monoisotopic (exact) mass is 526 g/mol. The average molecular weight is 526 g/mol. The van der Waals surface area contributed by atoms with Crippen molar-refractivity contribution in [3.8, 4) is 0 Å². The lowest BCUT2D eigenvalue weighted by Crippen LogP contribution is -2.60. The smallest absolute Gasteiger partial charge is 0.393 e. The number of nitrogens with zero attached hydrogens (tertiary/aromatic N) is 5. The van der Waals surface area contributed by atoms with Gasteiger partial charge in [-0.25, -0.2) is 8.78 Å². The number of carbonyl (C=O) groups is 1. The number of ether oxygens (including phenoxy) is 1. The average Bonchev–Trinajstić information content (AvgIpc) is 3.16. The number of amides is 1. The second kappa shape index (κ2) is 10.8. The van der Waals surface area contributed by atoms with Crippen LogP contribution in [0.25, 0.3) is 16.6 Å². The number of pyridine rings is 1. The number of hydrogen-bond donors (Lipinski definition) is 2. The van der Waals surface area contributed by atoms with E-state index in [2.05, 4.69) is 27.0 Å². The first-order valence-electron chi connectivity index (χ1n) is 11.2. The van der Waals surface area contributed by atoms with Gasteiger partial charge in [-0.15, -0.1) is 0 Å². The SMILES string of the molecule is C=C(F)C=N/C=C(\N/C=C/F)c1nn(CC(F)(F)F)c2cc(C(=O)N3C4COCC3CC(O)C4)ncc12. The van der Waals surface area contributed by atoms with Crippen molar-refractivity contribution in [2.24, 2.45) is 4.99 Å². The van der Waals surface area contributed by atoms with E-state index in [-0.39, 0.29) is 47.5 Å². The van der Waals surface area contributed by atoms with Crippen molar-refractivity contribution in [3.63, 3.8) is 0 Å². The number of halogens is 5. The standard InChI is InChI=1S/C23H23F5N6O3/c1-13(25)7-29-9-19(30-3-2-24)21-17-8-31-18(6-20(17)33(32-21)12-23(26,27)28)22(36)34-14-4-16(35)5-15(34)11-37-10-14/h2-3,6-9,14-16,30,35H,1,4-5,10-12H2/b3-2+,19-9-,29-7?. The maximum Gasteiger partial charge on any atom is 0.408 e. The van der Waals surface area contributed by atoms with Crippen LogP contribution in [0.2, 0.25) is 0 Å². The van der Waals surface area contributed by atoms with Crippen LogP contribution < -0.4 is 5.32 Å². The molecule has 2 unspecified atom stereocenters. The predicted molar refractivity (Wildman–Crippen MR) is 123 cm³/mol. The van der Waals surface area contributed by atoms with Crippen LogP contribution in [0.5, 0.6) is 0 Å². The number of rotatable bonds is 7. The highest BCUT2D eigenvalue weighted by atomic mass is 19.4. The minimum atomic E-state index is -4.65. The first-order chi connectivity index (χ1) is 17.6. The molecule has 14 heteroatoms. The molecule has 37 heavy (non-hydrogen) atoms. The fraction of sp³-hybridized carbons (Fsp3) is 0.391. The van der Waals surface area contributed by atoms with E-state index in [0.717, 1.165) is 18.6 Å². The van der Waals surface area contributed by atoms with E-state index >= 15 is 0 Å². The Morgan fingerprint density at radius 2 is 2.03 bits per heavy atom. The Labute approximate surface area is 207 Å². The molecule has 1 amide bonds. The Morgan fingerprint density at radius 3 is 2.65 bits per heavy atom. The highest BCUT2D eigenvalue weighted by Gasteiger charge is 2.42. The molecule has 2 aliphatic rings. The van der Waals surface area contributed by atoms with Crippen molar-refractivity contribution in [3.05, 3.63) is 54.8 Å². The molecule has 2 aliphatic heterocycles. The van der Waals surface area contributed by atoms with Gasteiger partial charge in [-0.05, 0) is 18.9 Å². The molecule has 2 fully saturated rings. The van der Waals surface area contributed by atoms with Crippen molar-refractivity contribution in [1.29, 1.82) is 0 Å². The maximum atomic E-state index is 13.4. The number of piperidine rings is 1. The van der Waals surface area contributed by atoms with E-state index in [1.807, 2.05) is 0 Å². The van der Waals surface area contributed by atoms with Crippen LogP contribution in [-0.4, -0.2) is 74.5 Å². The van der Waals surface area contributed by atoms with Gasteiger partial charge < -0.3 is 20.1 Å². The molecule has 0 radical (unpaired) electrons. The second-order valence-electron chi connectivity index (χ2n) is 8.60. The van der Waals surface area contributed by atoms with Gasteiger partial charge in [0.1, 0.15) is 30.1 Å². The Bertz CT molecular complexity index is 1260. The number of fused-ring (bicyclic) bond motifs is 3. The minimum Gasteiger partial charge on any atom is -0.393 e. The normalized spacial score (nSPS) is 22.8. The van der Waals surface area contributed by atoms with Gasteiger partial charge in [0.25, 0.3) is 5.91 Å². The highest BCUT2D eigenvalue weighted by Crippen LogP contribution is 2.31. The van der Waals surface area contributed by atoms with Crippen molar-refractivity contribution in [1.82, 2.24) is 25.0 Å². The fourth-order valence-electron chi connectivity index (χ4n) is 4.51. The zero-order valence-electron chi connectivity index (χ0n) is 19.3. The molecule has 0 aliphatic carbocycles. The van der Waals surface area contributed by atoms with E-state index in [4.69, 9.17) is 4.74 Å². The first kappa shape index (κ1) is 26.4. The molecule has 4 heterocycles. The fourth-order valence-corrected chi connectivity index (χ4v) is 4.51. The topological polar surface area (TPSA) is 105 Å². The summed E-state index contributed by atoms with van der Waals surface area (Å²) < 4.78 is 71.9. The zero-order valence-corrected chi connectivity index (χ0v) is 19.3. The highest BCUT2D eigenvalue weighted by molar-refractivity contribution is 5.98. The molecular formula is C23H23F5N6O3. The summed E-state index contributed by atoms with van der Waals surface area (Å²) >= 11 is 0. The van der Waals surface area contributed by atoms with Crippen LogP contribution in [0, 0.1) is 0 Å². The molecule has 0 aromatic carbocycles. The summed E-state index contributed by atoms with van der Waals surface area (Å²) in [5.74, 6) is -1.39. The number of aromatic nitrogens is 3. The summed E-state index contributed by atoms with van der Waals surface area (Å²) in [5.41, 5.74) is -0.309. The van der Waals surface area contributed by atoms with Gasteiger partial charge in [-0.3, -0.25) is 19.5 Å². The Morgan fingerprint density at radius 1 is 1.32 bits per heavy atom. The number of nitrogens with one attached hydrogen (secondary N) is 1. The zero-order chi connectivity index (χ0) is 26.7. The third-order valence-electron chi connectivity index (χ3n) is 5.89. The van der Waals surface area contributed by atoms with Crippen molar-refractivity contribution in [2.75, 3.05) is 13.2 Å². The van der Waals surface area contributed by atoms with Gasteiger partial charge in [0.2, 0.25) is 0 Å².